The second kappa shape index (κ2) is 8.53. The van der Waals surface area contributed by atoms with Gasteiger partial charge in [0.15, 0.2) is 0 Å². The van der Waals surface area contributed by atoms with Gasteiger partial charge in [-0.2, -0.15) is 0 Å². The Hall–Kier alpha value is -3.05. The number of hydrogen-bond acceptors (Lipinski definition) is 3. The SMILES string of the molecule is CCc1cccc(N2C(=O)CSC2c2ccc(NC(=O)c3ccccc3)cc2)c1. The quantitative estimate of drug-likeness (QED) is 0.632. The molecule has 1 unspecified atom stereocenters. The number of carbonyl (C=O) groups excluding carboxylic acids is 2. The zero-order valence-corrected chi connectivity index (χ0v) is 17.0. The lowest BCUT2D eigenvalue weighted by Gasteiger charge is -2.25. The molecular formula is C24H22N2O2S. The first-order chi connectivity index (χ1) is 14.2. The van der Waals surface area contributed by atoms with Crippen LogP contribution >= 0.6 is 11.8 Å². The number of amides is 2. The molecule has 1 N–H and O–H groups in total. The van der Waals surface area contributed by atoms with Crippen LogP contribution in [-0.4, -0.2) is 17.6 Å². The predicted octanol–water partition coefficient (Wildman–Crippen LogP) is 5.28. The van der Waals surface area contributed by atoms with Crippen molar-refractivity contribution in [3.63, 3.8) is 0 Å². The molecule has 3 aromatic carbocycles. The summed E-state index contributed by atoms with van der Waals surface area (Å²) in [6.45, 7) is 2.11. The second-order valence-corrected chi connectivity index (χ2v) is 7.96. The molecule has 0 radical (unpaired) electrons. The van der Waals surface area contributed by atoms with Crippen molar-refractivity contribution >= 4 is 35.0 Å². The van der Waals surface area contributed by atoms with Gasteiger partial charge in [-0.1, -0.05) is 49.4 Å². The van der Waals surface area contributed by atoms with Gasteiger partial charge in [0, 0.05) is 16.9 Å². The van der Waals surface area contributed by atoms with Gasteiger partial charge in [0.05, 0.1) is 5.75 Å². The maximum absolute atomic E-state index is 12.6. The Kier molecular flexibility index (Phi) is 5.67. The number of benzene rings is 3. The number of aryl methyl sites for hydroxylation is 1. The van der Waals surface area contributed by atoms with Crippen LogP contribution < -0.4 is 10.2 Å². The van der Waals surface area contributed by atoms with Crippen molar-refractivity contribution in [3.8, 4) is 0 Å². The van der Waals surface area contributed by atoms with Crippen LogP contribution in [0.2, 0.25) is 0 Å². The van der Waals surface area contributed by atoms with E-state index in [1.54, 1.807) is 23.9 Å². The fourth-order valence-electron chi connectivity index (χ4n) is 3.40. The molecule has 3 aromatic rings. The van der Waals surface area contributed by atoms with Gasteiger partial charge in [-0.15, -0.1) is 11.8 Å². The first kappa shape index (κ1) is 19.3. The van der Waals surface area contributed by atoms with Crippen molar-refractivity contribution in [2.24, 2.45) is 0 Å². The lowest BCUT2D eigenvalue weighted by atomic mass is 10.1. The minimum atomic E-state index is -0.137. The lowest BCUT2D eigenvalue weighted by Crippen LogP contribution is -2.27. The van der Waals surface area contributed by atoms with Gasteiger partial charge in [-0.25, -0.2) is 0 Å². The molecule has 29 heavy (non-hydrogen) atoms. The minimum absolute atomic E-state index is 0.0616. The zero-order valence-electron chi connectivity index (χ0n) is 16.2. The topological polar surface area (TPSA) is 49.4 Å². The molecule has 0 aliphatic carbocycles. The monoisotopic (exact) mass is 402 g/mol. The van der Waals surface area contributed by atoms with Gasteiger partial charge in [-0.05, 0) is 53.9 Å². The number of thioether (sulfide) groups is 1. The van der Waals surface area contributed by atoms with E-state index < -0.39 is 0 Å². The fourth-order valence-corrected chi connectivity index (χ4v) is 4.58. The summed E-state index contributed by atoms with van der Waals surface area (Å²) in [6, 6.07) is 25.0. The normalized spacial score (nSPS) is 16.1. The standard InChI is InChI=1S/C24H22N2O2S/c1-2-17-7-6-10-21(15-17)26-22(27)16-29-24(26)19-11-13-20(14-12-19)25-23(28)18-8-4-3-5-9-18/h3-15,24H,2,16H2,1H3,(H,25,28). The average molecular weight is 403 g/mol. The summed E-state index contributed by atoms with van der Waals surface area (Å²) in [6.07, 6.45) is 0.934. The van der Waals surface area contributed by atoms with Crippen molar-refractivity contribution < 1.29 is 9.59 Å². The van der Waals surface area contributed by atoms with Gasteiger partial charge in [0.2, 0.25) is 5.91 Å². The van der Waals surface area contributed by atoms with Gasteiger partial charge >= 0.3 is 0 Å². The highest BCUT2D eigenvalue weighted by atomic mass is 32.2. The third-order valence-electron chi connectivity index (χ3n) is 4.95. The highest BCUT2D eigenvalue weighted by Crippen LogP contribution is 2.42. The van der Waals surface area contributed by atoms with Crippen LogP contribution in [0.4, 0.5) is 11.4 Å². The first-order valence-corrected chi connectivity index (χ1v) is 10.7. The van der Waals surface area contributed by atoms with Crippen LogP contribution in [0, 0.1) is 0 Å². The van der Waals surface area contributed by atoms with E-state index in [2.05, 4.69) is 24.4 Å². The summed E-state index contributed by atoms with van der Waals surface area (Å²) in [5, 5.41) is 2.85. The number of carbonyl (C=O) groups is 2. The van der Waals surface area contributed by atoms with Crippen molar-refractivity contribution in [1.29, 1.82) is 0 Å². The molecule has 1 heterocycles. The van der Waals surface area contributed by atoms with E-state index in [0.29, 0.717) is 11.3 Å². The third kappa shape index (κ3) is 4.20. The van der Waals surface area contributed by atoms with Crippen LogP contribution in [0.15, 0.2) is 78.9 Å². The van der Waals surface area contributed by atoms with E-state index in [-0.39, 0.29) is 17.2 Å². The molecule has 1 aliphatic rings. The summed E-state index contributed by atoms with van der Waals surface area (Å²) < 4.78 is 0. The van der Waals surface area contributed by atoms with E-state index in [1.165, 1.54) is 5.56 Å². The molecule has 1 fully saturated rings. The molecule has 1 saturated heterocycles. The van der Waals surface area contributed by atoms with Crippen LogP contribution in [0.1, 0.15) is 33.8 Å². The molecule has 4 rings (SSSR count). The average Bonchev–Trinajstić information content (AvgIpc) is 3.16. The smallest absolute Gasteiger partial charge is 0.255 e. The second-order valence-electron chi connectivity index (χ2n) is 6.89. The number of nitrogens with zero attached hydrogens (tertiary/aromatic N) is 1. The van der Waals surface area contributed by atoms with Crippen LogP contribution in [0.25, 0.3) is 0 Å². The molecule has 1 aliphatic heterocycles. The fraction of sp³-hybridized carbons (Fsp3) is 0.167. The molecule has 0 saturated carbocycles. The summed E-state index contributed by atoms with van der Waals surface area (Å²) in [4.78, 5) is 26.8. The minimum Gasteiger partial charge on any atom is -0.322 e. The Bertz CT molecular complexity index is 1020. The Morgan fingerprint density at radius 3 is 2.52 bits per heavy atom. The highest BCUT2D eigenvalue weighted by molar-refractivity contribution is 8.00. The summed E-state index contributed by atoms with van der Waals surface area (Å²) >= 11 is 1.63. The van der Waals surface area contributed by atoms with Crippen molar-refractivity contribution in [1.82, 2.24) is 0 Å². The zero-order chi connectivity index (χ0) is 20.2. The van der Waals surface area contributed by atoms with E-state index in [4.69, 9.17) is 0 Å². The number of hydrogen-bond donors (Lipinski definition) is 1. The predicted molar refractivity (Wildman–Crippen MR) is 119 cm³/mol. The van der Waals surface area contributed by atoms with Gasteiger partial charge < -0.3 is 5.32 Å². The molecule has 5 heteroatoms. The third-order valence-corrected chi connectivity index (χ3v) is 6.17. The van der Waals surface area contributed by atoms with Crippen molar-refractivity contribution in [2.75, 3.05) is 16.0 Å². The molecular weight excluding hydrogens is 380 g/mol. The van der Waals surface area contributed by atoms with Crippen LogP contribution in [0.5, 0.6) is 0 Å². The Morgan fingerprint density at radius 2 is 1.79 bits per heavy atom. The molecule has 1 atom stereocenters. The Balaban J connectivity index is 1.53. The maximum Gasteiger partial charge on any atom is 0.255 e. The lowest BCUT2D eigenvalue weighted by molar-refractivity contribution is -0.115. The summed E-state index contributed by atoms with van der Waals surface area (Å²) in [5.41, 5.74) is 4.54. The van der Waals surface area contributed by atoms with E-state index in [0.717, 1.165) is 23.4 Å². The number of nitrogens with one attached hydrogen (secondary N) is 1. The largest absolute Gasteiger partial charge is 0.322 e. The van der Waals surface area contributed by atoms with Crippen molar-refractivity contribution in [2.45, 2.75) is 18.7 Å². The number of rotatable bonds is 5. The van der Waals surface area contributed by atoms with Crippen LogP contribution in [-0.2, 0) is 11.2 Å². The molecule has 0 aromatic heterocycles. The Morgan fingerprint density at radius 1 is 1.03 bits per heavy atom. The van der Waals surface area contributed by atoms with E-state index >= 15 is 0 Å². The van der Waals surface area contributed by atoms with Gasteiger partial charge in [0.1, 0.15) is 5.37 Å². The molecule has 146 valence electrons. The van der Waals surface area contributed by atoms with E-state index in [9.17, 15) is 9.59 Å². The van der Waals surface area contributed by atoms with Crippen molar-refractivity contribution in [3.05, 3.63) is 95.6 Å². The Labute approximate surface area is 174 Å². The summed E-state index contributed by atoms with van der Waals surface area (Å²) in [5.74, 6) is 0.449. The van der Waals surface area contributed by atoms with Gasteiger partial charge in [0.25, 0.3) is 5.91 Å². The summed E-state index contributed by atoms with van der Waals surface area (Å²) in [7, 11) is 0. The van der Waals surface area contributed by atoms with Crippen LogP contribution in [0.3, 0.4) is 0 Å². The molecule has 2 amide bonds. The molecule has 0 bridgehead atoms. The van der Waals surface area contributed by atoms with E-state index in [1.807, 2.05) is 59.5 Å². The first-order valence-electron chi connectivity index (χ1n) is 9.64. The number of anilines is 2. The highest BCUT2D eigenvalue weighted by Gasteiger charge is 2.34. The molecule has 4 nitrogen and oxygen atoms in total. The molecule has 0 spiro atoms. The van der Waals surface area contributed by atoms with Gasteiger partial charge in [-0.3, -0.25) is 14.5 Å². The maximum atomic E-state index is 12.6.